The lowest BCUT2D eigenvalue weighted by molar-refractivity contribution is -0.143. The molecule has 0 bridgehead atoms. The Kier molecular flexibility index (Phi) is 5.77. The summed E-state index contributed by atoms with van der Waals surface area (Å²) in [6.45, 7) is 7.00. The predicted molar refractivity (Wildman–Crippen MR) is 124 cm³/mol. The molecule has 1 N–H and O–H groups in total. The molecule has 1 fully saturated rings. The van der Waals surface area contributed by atoms with Crippen LogP contribution in [0.4, 0.5) is 0 Å². The number of allylic oxidation sites excluding steroid dienone is 3. The van der Waals surface area contributed by atoms with Crippen molar-refractivity contribution in [1.29, 1.82) is 0 Å². The first-order valence-electron chi connectivity index (χ1n) is 11.3. The molecule has 0 amide bonds. The number of Topliss-reactive ketones (excluding diaryl/α,β-unsaturated/α-hetero) is 1. The van der Waals surface area contributed by atoms with E-state index in [1.54, 1.807) is 0 Å². The molecule has 1 aromatic rings. The lowest BCUT2D eigenvalue weighted by Crippen LogP contribution is -2.43. The van der Waals surface area contributed by atoms with Crippen LogP contribution >= 0.6 is 15.9 Å². The average Bonchev–Trinajstić information content (AvgIpc) is 3.41. The molecule has 0 aromatic heterocycles. The van der Waals surface area contributed by atoms with Gasteiger partial charge in [0.15, 0.2) is 11.5 Å². The van der Waals surface area contributed by atoms with E-state index in [2.05, 4.69) is 27.3 Å². The van der Waals surface area contributed by atoms with Gasteiger partial charge < -0.3 is 24.3 Å². The number of hydrogen-bond acceptors (Lipinski definition) is 7. The third-order valence-electron chi connectivity index (χ3n) is 6.71. The van der Waals surface area contributed by atoms with E-state index >= 15 is 0 Å². The van der Waals surface area contributed by atoms with Crippen LogP contribution in [0.1, 0.15) is 51.5 Å². The lowest BCUT2D eigenvalue weighted by Gasteiger charge is -2.41. The number of halogens is 1. The van der Waals surface area contributed by atoms with E-state index < -0.39 is 17.8 Å². The molecular formula is C25H28BrNO6. The first kappa shape index (κ1) is 22.5. The van der Waals surface area contributed by atoms with Crippen LogP contribution in [0.15, 0.2) is 39.6 Å². The molecule has 1 aromatic carbocycles. The summed E-state index contributed by atoms with van der Waals surface area (Å²) in [7, 11) is 0. The predicted octanol–water partition coefficient (Wildman–Crippen LogP) is 4.36. The standard InChI is InChI=1S/C25H28BrNO6/c1-13-21(24(29)31-11-14-5-4-6-30-14)22(15-7-19-20(8-16(15)26)33-12-32-19)23-17(27-13)9-25(2,3)10-18(23)28/h7-9,14,22-23,27H,4-6,10-12H2,1-3H3. The Balaban J connectivity index is 1.58. The number of carbonyl (C=O) groups is 2. The molecule has 8 heteroatoms. The molecule has 33 heavy (non-hydrogen) atoms. The van der Waals surface area contributed by atoms with E-state index in [0.717, 1.165) is 28.6 Å². The number of nitrogens with one attached hydrogen (secondary N) is 1. The van der Waals surface area contributed by atoms with Crippen molar-refractivity contribution in [3.63, 3.8) is 0 Å². The van der Waals surface area contributed by atoms with Crippen molar-refractivity contribution in [1.82, 2.24) is 5.32 Å². The van der Waals surface area contributed by atoms with Gasteiger partial charge in [-0.1, -0.05) is 35.9 Å². The van der Waals surface area contributed by atoms with E-state index in [9.17, 15) is 9.59 Å². The fraction of sp³-hybridized carbons (Fsp3) is 0.520. The zero-order chi connectivity index (χ0) is 23.3. The average molecular weight is 518 g/mol. The highest BCUT2D eigenvalue weighted by Gasteiger charge is 2.47. The zero-order valence-electron chi connectivity index (χ0n) is 19.0. The van der Waals surface area contributed by atoms with Crippen molar-refractivity contribution in [3.8, 4) is 11.5 Å². The van der Waals surface area contributed by atoms with Gasteiger partial charge in [-0.2, -0.15) is 0 Å². The first-order valence-corrected chi connectivity index (χ1v) is 12.1. The molecule has 3 aliphatic heterocycles. The van der Waals surface area contributed by atoms with Crippen LogP contribution in [0.2, 0.25) is 0 Å². The van der Waals surface area contributed by atoms with E-state index in [0.29, 0.717) is 35.8 Å². The van der Waals surface area contributed by atoms with Gasteiger partial charge in [0.2, 0.25) is 6.79 Å². The maximum Gasteiger partial charge on any atom is 0.336 e. The van der Waals surface area contributed by atoms with E-state index in [4.69, 9.17) is 18.9 Å². The highest BCUT2D eigenvalue weighted by molar-refractivity contribution is 9.10. The normalized spacial score (nSPS) is 27.7. The van der Waals surface area contributed by atoms with Gasteiger partial charge in [-0.3, -0.25) is 4.79 Å². The highest BCUT2D eigenvalue weighted by atomic mass is 79.9. The minimum atomic E-state index is -0.512. The number of carbonyl (C=O) groups excluding carboxylic acids is 2. The van der Waals surface area contributed by atoms with Crippen molar-refractivity contribution in [2.45, 2.75) is 52.1 Å². The number of hydrogen-bond donors (Lipinski definition) is 1. The molecule has 0 saturated carbocycles. The van der Waals surface area contributed by atoms with E-state index in [1.165, 1.54) is 0 Å². The molecule has 3 atom stereocenters. The largest absolute Gasteiger partial charge is 0.460 e. The molecule has 0 radical (unpaired) electrons. The second-order valence-corrected chi connectivity index (χ2v) is 10.7. The molecule has 3 heterocycles. The maximum atomic E-state index is 13.5. The van der Waals surface area contributed by atoms with Gasteiger partial charge in [-0.05, 0) is 42.9 Å². The number of benzene rings is 1. The Labute approximate surface area is 201 Å². The summed E-state index contributed by atoms with van der Waals surface area (Å²) in [6, 6.07) is 3.71. The minimum Gasteiger partial charge on any atom is -0.460 e. The molecule has 4 aliphatic rings. The summed E-state index contributed by atoms with van der Waals surface area (Å²) in [4.78, 5) is 26.9. The first-order chi connectivity index (χ1) is 15.7. The van der Waals surface area contributed by atoms with Gasteiger partial charge in [0.1, 0.15) is 12.4 Å². The fourth-order valence-electron chi connectivity index (χ4n) is 5.27. The van der Waals surface area contributed by atoms with E-state index in [-0.39, 0.29) is 30.7 Å². The quantitative estimate of drug-likeness (QED) is 0.594. The smallest absolute Gasteiger partial charge is 0.336 e. The molecule has 7 nitrogen and oxygen atoms in total. The van der Waals surface area contributed by atoms with Crippen LogP contribution in [0.5, 0.6) is 11.5 Å². The van der Waals surface area contributed by atoms with E-state index in [1.807, 2.05) is 32.9 Å². The second kappa shape index (κ2) is 8.47. The molecule has 176 valence electrons. The van der Waals surface area contributed by atoms with Crippen LogP contribution < -0.4 is 14.8 Å². The number of fused-ring (bicyclic) bond motifs is 2. The number of ketones is 1. The van der Waals surface area contributed by atoms with Crippen LogP contribution in [-0.2, 0) is 19.1 Å². The molecule has 0 spiro atoms. The lowest BCUT2D eigenvalue weighted by atomic mass is 9.66. The van der Waals surface area contributed by atoms with Crippen LogP contribution in [-0.4, -0.2) is 37.9 Å². The monoisotopic (exact) mass is 517 g/mol. The summed E-state index contributed by atoms with van der Waals surface area (Å²) in [5, 5.41) is 3.35. The fourth-order valence-corrected chi connectivity index (χ4v) is 5.83. The SMILES string of the molecule is CC1=C(C(=O)OCC2CCCO2)C(c2cc3c(cc2Br)OCO3)C2C(=O)CC(C)(C)C=C2N1. The highest BCUT2D eigenvalue weighted by Crippen LogP contribution is 2.50. The maximum absolute atomic E-state index is 13.5. The van der Waals surface area contributed by atoms with Crippen molar-refractivity contribution in [3.05, 3.63) is 45.2 Å². The minimum absolute atomic E-state index is 0.0743. The molecular weight excluding hydrogens is 490 g/mol. The third-order valence-corrected chi connectivity index (χ3v) is 7.40. The van der Waals surface area contributed by atoms with Crippen LogP contribution in [0, 0.1) is 11.3 Å². The number of rotatable bonds is 4. The summed E-state index contributed by atoms with van der Waals surface area (Å²) < 4.78 is 23.2. The Bertz CT molecular complexity index is 1070. The van der Waals surface area contributed by atoms with Crippen molar-refractivity contribution >= 4 is 27.7 Å². The molecule has 3 unspecified atom stereocenters. The summed E-state index contributed by atoms with van der Waals surface area (Å²) in [6.07, 6.45) is 4.29. The van der Waals surface area contributed by atoms with Gasteiger partial charge in [-0.15, -0.1) is 0 Å². The number of ether oxygens (including phenoxy) is 4. The zero-order valence-corrected chi connectivity index (χ0v) is 20.6. The van der Waals surface area contributed by atoms with Crippen LogP contribution in [0.25, 0.3) is 0 Å². The summed E-state index contributed by atoms with van der Waals surface area (Å²) >= 11 is 3.65. The summed E-state index contributed by atoms with van der Waals surface area (Å²) in [5.41, 5.74) is 2.52. The molecule has 5 rings (SSSR count). The topological polar surface area (TPSA) is 83.1 Å². The van der Waals surface area contributed by atoms with Gasteiger partial charge in [0.25, 0.3) is 0 Å². The van der Waals surface area contributed by atoms with Gasteiger partial charge >= 0.3 is 5.97 Å². The van der Waals surface area contributed by atoms with Crippen LogP contribution in [0.3, 0.4) is 0 Å². The van der Waals surface area contributed by atoms with Crippen molar-refractivity contribution < 1.29 is 28.5 Å². The Hall–Kier alpha value is -2.32. The third kappa shape index (κ3) is 4.19. The Morgan fingerprint density at radius 1 is 1.24 bits per heavy atom. The Morgan fingerprint density at radius 2 is 2.00 bits per heavy atom. The molecule has 1 aliphatic carbocycles. The number of esters is 1. The van der Waals surface area contributed by atoms with Crippen molar-refractivity contribution in [2.75, 3.05) is 20.0 Å². The van der Waals surface area contributed by atoms with Crippen molar-refractivity contribution in [2.24, 2.45) is 11.3 Å². The molecule has 1 saturated heterocycles. The van der Waals surface area contributed by atoms with Gasteiger partial charge in [0.05, 0.1) is 17.6 Å². The Morgan fingerprint density at radius 3 is 2.73 bits per heavy atom. The van der Waals surface area contributed by atoms with Gasteiger partial charge in [0, 0.05) is 34.8 Å². The van der Waals surface area contributed by atoms with Gasteiger partial charge in [-0.25, -0.2) is 4.79 Å². The summed E-state index contributed by atoms with van der Waals surface area (Å²) in [5.74, 6) is -0.121. The second-order valence-electron chi connectivity index (χ2n) is 9.81.